The van der Waals surface area contributed by atoms with Crippen molar-refractivity contribution in [3.05, 3.63) is 65.9 Å². The number of para-hydroxylation sites is 1. The van der Waals surface area contributed by atoms with Gasteiger partial charge in [0, 0.05) is 43.3 Å². The summed E-state index contributed by atoms with van der Waals surface area (Å²) in [7, 11) is 3.99. The number of hydrazone groups is 1. The smallest absolute Gasteiger partial charge is 0.240 e. The summed E-state index contributed by atoms with van der Waals surface area (Å²) in [5, 5.41) is 5.20. The predicted molar refractivity (Wildman–Crippen MR) is 103 cm³/mol. The number of carbonyl (C=O) groups is 1. The van der Waals surface area contributed by atoms with Crippen LogP contribution in [0.5, 0.6) is 0 Å². The number of H-pyrrole nitrogens is 1. The number of aromatic nitrogens is 1. The molecular weight excluding hydrogens is 312 g/mol. The lowest BCUT2D eigenvalue weighted by molar-refractivity contribution is -0.121. The summed E-state index contributed by atoms with van der Waals surface area (Å²) in [6.45, 7) is 0. The maximum atomic E-state index is 12.0. The molecule has 0 aliphatic rings. The van der Waals surface area contributed by atoms with Crippen LogP contribution in [0.2, 0.25) is 0 Å². The summed E-state index contributed by atoms with van der Waals surface area (Å²) < 4.78 is 0. The molecule has 25 heavy (non-hydrogen) atoms. The number of rotatable bonds is 6. The Morgan fingerprint density at radius 2 is 1.92 bits per heavy atom. The summed E-state index contributed by atoms with van der Waals surface area (Å²) in [4.78, 5) is 17.2. The highest BCUT2D eigenvalue weighted by atomic mass is 16.2. The minimum atomic E-state index is -0.0913. The first-order valence-corrected chi connectivity index (χ1v) is 8.28. The van der Waals surface area contributed by atoms with Crippen molar-refractivity contribution < 1.29 is 4.79 Å². The van der Waals surface area contributed by atoms with Crippen LogP contribution in [0.15, 0.2) is 59.8 Å². The monoisotopic (exact) mass is 334 g/mol. The molecule has 128 valence electrons. The van der Waals surface area contributed by atoms with Gasteiger partial charge in [0.15, 0.2) is 0 Å². The average Bonchev–Trinajstić information content (AvgIpc) is 3.03. The quantitative estimate of drug-likeness (QED) is 0.537. The molecule has 0 radical (unpaired) electrons. The number of hydrogen-bond acceptors (Lipinski definition) is 3. The third kappa shape index (κ3) is 4.26. The van der Waals surface area contributed by atoms with E-state index in [2.05, 4.69) is 21.6 Å². The number of carbonyl (C=O) groups excluding carboxylic acids is 1. The number of amides is 1. The van der Waals surface area contributed by atoms with Crippen LogP contribution in [0.3, 0.4) is 0 Å². The molecule has 1 heterocycles. The van der Waals surface area contributed by atoms with Crippen molar-refractivity contribution in [2.75, 3.05) is 19.0 Å². The number of nitrogens with one attached hydrogen (secondary N) is 2. The zero-order chi connectivity index (χ0) is 17.6. The van der Waals surface area contributed by atoms with Crippen LogP contribution in [0, 0.1) is 0 Å². The summed E-state index contributed by atoms with van der Waals surface area (Å²) >= 11 is 0. The number of hydrogen-bond donors (Lipinski definition) is 2. The Labute approximate surface area is 147 Å². The molecule has 0 fully saturated rings. The molecule has 5 nitrogen and oxygen atoms in total. The van der Waals surface area contributed by atoms with E-state index in [9.17, 15) is 4.79 Å². The normalized spacial score (nSPS) is 11.1. The van der Waals surface area contributed by atoms with E-state index in [4.69, 9.17) is 0 Å². The fraction of sp³-hybridized carbons (Fsp3) is 0.200. The molecule has 3 rings (SSSR count). The van der Waals surface area contributed by atoms with E-state index in [0.29, 0.717) is 12.8 Å². The molecule has 0 atom stereocenters. The van der Waals surface area contributed by atoms with Gasteiger partial charge in [-0.3, -0.25) is 4.79 Å². The zero-order valence-electron chi connectivity index (χ0n) is 14.5. The lowest BCUT2D eigenvalue weighted by atomic mass is 10.1. The highest BCUT2D eigenvalue weighted by Gasteiger charge is 2.06. The summed E-state index contributed by atoms with van der Waals surface area (Å²) in [5.74, 6) is -0.0913. The van der Waals surface area contributed by atoms with Crippen LogP contribution in [-0.4, -0.2) is 31.2 Å². The molecule has 1 amide bonds. The van der Waals surface area contributed by atoms with Crippen molar-refractivity contribution in [2.24, 2.45) is 5.10 Å². The summed E-state index contributed by atoms with van der Waals surface area (Å²) in [6.07, 6.45) is 4.71. The average molecular weight is 334 g/mol. The Morgan fingerprint density at radius 3 is 2.68 bits per heavy atom. The van der Waals surface area contributed by atoms with Crippen LogP contribution >= 0.6 is 0 Å². The number of nitrogens with zero attached hydrogens (tertiary/aromatic N) is 2. The number of fused-ring (bicyclic) bond motifs is 1. The van der Waals surface area contributed by atoms with Crippen LogP contribution in [0.4, 0.5) is 5.69 Å². The first-order valence-electron chi connectivity index (χ1n) is 8.28. The van der Waals surface area contributed by atoms with Gasteiger partial charge >= 0.3 is 0 Å². The van der Waals surface area contributed by atoms with E-state index in [1.807, 2.05) is 67.7 Å². The number of aromatic amines is 1. The second kappa shape index (κ2) is 7.66. The van der Waals surface area contributed by atoms with E-state index in [-0.39, 0.29) is 5.91 Å². The van der Waals surface area contributed by atoms with Crippen molar-refractivity contribution in [1.29, 1.82) is 0 Å². The molecule has 0 saturated carbocycles. The fourth-order valence-electron chi connectivity index (χ4n) is 2.68. The maximum absolute atomic E-state index is 12.0. The molecule has 1 aromatic heterocycles. The first kappa shape index (κ1) is 16.8. The summed E-state index contributed by atoms with van der Waals surface area (Å²) in [6, 6.07) is 16.1. The SMILES string of the molecule is CN(C)c1ccc(/C=N\NC(=O)CCc2c[nH]c3ccccc23)cc1. The van der Waals surface area contributed by atoms with E-state index >= 15 is 0 Å². The van der Waals surface area contributed by atoms with Gasteiger partial charge in [0.05, 0.1) is 6.21 Å². The van der Waals surface area contributed by atoms with Crippen molar-refractivity contribution in [3.8, 4) is 0 Å². The minimum absolute atomic E-state index is 0.0913. The van der Waals surface area contributed by atoms with Gasteiger partial charge in [0.1, 0.15) is 0 Å². The van der Waals surface area contributed by atoms with Gasteiger partial charge in [-0.05, 0) is 35.7 Å². The van der Waals surface area contributed by atoms with Gasteiger partial charge in [-0.2, -0.15) is 5.10 Å². The third-order valence-electron chi connectivity index (χ3n) is 4.11. The predicted octanol–water partition coefficient (Wildman–Crippen LogP) is 3.32. The van der Waals surface area contributed by atoms with Gasteiger partial charge in [0.25, 0.3) is 0 Å². The minimum Gasteiger partial charge on any atom is -0.378 e. The van der Waals surface area contributed by atoms with Crippen molar-refractivity contribution in [2.45, 2.75) is 12.8 Å². The Bertz CT molecular complexity index is 878. The number of aryl methyl sites for hydroxylation is 1. The fourth-order valence-corrected chi connectivity index (χ4v) is 2.68. The Hall–Kier alpha value is -3.08. The van der Waals surface area contributed by atoms with Gasteiger partial charge in [-0.1, -0.05) is 30.3 Å². The van der Waals surface area contributed by atoms with Crippen LogP contribution in [0.1, 0.15) is 17.5 Å². The van der Waals surface area contributed by atoms with E-state index in [1.165, 1.54) is 5.39 Å². The lowest BCUT2D eigenvalue weighted by Crippen LogP contribution is -2.17. The van der Waals surface area contributed by atoms with Gasteiger partial charge in [0.2, 0.25) is 5.91 Å². The molecule has 0 aliphatic heterocycles. The molecule has 0 spiro atoms. The largest absolute Gasteiger partial charge is 0.378 e. The molecule has 0 saturated heterocycles. The molecule has 3 aromatic rings. The Balaban J connectivity index is 1.51. The second-order valence-corrected chi connectivity index (χ2v) is 6.14. The lowest BCUT2D eigenvalue weighted by Gasteiger charge is -2.11. The Morgan fingerprint density at radius 1 is 1.16 bits per heavy atom. The third-order valence-corrected chi connectivity index (χ3v) is 4.11. The Kier molecular flexibility index (Phi) is 5.14. The van der Waals surface area contributed by atoms with E-state index in [1.54, 1.807) is 6.21 Å². The number of anilines is 1. The van der Waals surface area contributed by atoms with Gasteiger partial charge in [-0.15, -0.1) is 0 Å². The highest BCUT2D eigenvalue weighted by molar-refractivity contribution is 5.85. The van der Waals surface area contributed by atoms with Crippen molar-refractivity contribution in [1.82, 2.24) is 10.4 Å². The molecule has 2 aromatic carbocycles. The molecule has 5 heteroatoms. The van der Waals surface area contributed by atoms with Gasteiger partial charge in [-0.25, -0.2) is 5.43 Å². The topological polar surface area (TPSA) is 60.5 Å². The molecule has 0 bridgehead atoms. The maximum Gasteiger partial charge on any atom is 0.240 e. The highest BCUT2D eigenvalue weighted by Crippen LogP contribution is 2.18. The zero-order valence-corrected chi connectivity index (χ0v) is 14.5. The second-order valence-electron chi connectivity index (χ2n) is 6.14. The van der Waals surface area contributed by atoms with E-state index in [0.717, 1.165) is 22.3 Å². The molecule has 0 aliphatic carbocycles. The van der Waals surface area contributed by atoms with E-state index < -0.39 is 0 Å². The molecular formula is C20H22N4O. The first-order chi connectivity index (χ1) is 12.1. The summed E-state index contributed by atoms with van der Waals surface area (Å²) in [5.41, 5.74) is 6.90. The molecule has 2 N–H and O–H groups in total. The number of benzene rings is 2. The van der Waals surface area contributed by atoms with Crippen LogP contribution in [-0.2, 0) is 11.2 Å². The van der Waals surface area contributed by atoms with Crippen molar-refractivity contribution in [3.63, 3.8) is 0 Å². The molecule has 0 unspecified atom stereocenters. The van der Waals surface area contributed by atoms with Crippen LogP contribution in [0.25, 0.3) is 10.9 Å². The standard InChI is InChI=1S/C20H22N4O/c1-24(2)17-10-7-15(8-11-17)13-22-23-20(25)12-9-16-14-21-19-6-4-3-5-18(16)19/h3-8,10-11,13-14,21H,9,12H2,1-2H3,(H,23,25)/b22-13-. The van der Waals surface area contributed by atoms with Crippen molar-refractivity contribution >= 4 is 28.7 Å². The van der Waals surface area contributed by atoms with Gasteiger partial charge < -0.3 is 9.88 Å². The van der Waals surface area contributed by atoms with Crippen LogP contribution < -0.4 is 10.3 Å².